The zero-order valence-electron chi connectivity index (χ0n) is 40.5. The van der Waals surface area contributed by atoms with Crippen molar-refractivity contribution < 1.29 is 0 Å². The van der Waals surface area contributed by atoms with Crippen molar-refractivity contribution in [3.8, 4) is 0 Å². The Morgan fingerprint density at radius 1 is 0.345 bits per heavy atom. The molecular formula is C48H82Si7. The van der Waals surface area contributed by atoms with Crippen LogP contribution >= 0.6 is 0 Å². The van der Waals surface area contributed by atoms with Gasteiger partial charge in [0.05, 0.1) is 48.4 Å². The summed E-state index contributed by atoms with van der Waals surface area (Å²) >= 11 is 0. The van der Waals surface area contributed by atoms with Gasteiger partial charge < -0.3 is 0 Å². The summed E-state index contributed by atoms with van der Waals surface area (Å²) < 4.78 is 0. The quantitative estimate of drug-likeness (QED) is 0.141. The normalized spacial score (nSPS) is 18.0. The Balaban J connectivity index is 2.69. The van der Waals surface area contributed by atoms with Gasteiger partial charge in [-0.1, -0.05) is 226 Å². The van der Waals surface area contributed by atoms with Crippen molar-refractivity contribution >= 4 is 103 Å². The number of hydrogen-bond acceptors (Lipinski definition) is 0. The van der Waals surface area contributed by atoms with E-state index in [1.54, 1.807) is 68.9 Å². The minimum absolute atomic E-state index is 0.153. The maximum absolute atomic E-state index is 3.06. The van der Waals surface area contributed by atoms with E-state index < -0.39 is 56.5 Å². The summed E-state index contributed by atoms with van der Waals surface area (Å²) in [4.78, 5) is 0. The molecule has 7 heteroatoms. The molecule has 0 saturated carbocycles. The molecule has 1 aliphatic rings. The van der Waals surface area contributed by atoms with Gasteiger partial charge in [0.25, 0.3) is 0 Å². The van der Waals surface area contributed by atoms with Crippen LogP contribution in [0, 0.1) is 20.8 Å². The molecule has 0 bridgehead atoms. The monoisotopic (exact) mass is 854 g/mol. The molecule has 302 valence electrons. The topological polar surface area (TPSA) is 0 Å². The van der Waals surface area contributed by atoms with Crippen LogP contribution in [0.2, 0.25) is 123 Å². The van der Waals surface area contributed by atoms with E-state index in [9.17, 15) is 0 Å². The van der Waals surface area contributed by atoms with Crippen molar-refractivity contribution in [3.05, 3.63) is 75.9 Å². The van der Waals surface area contributed by atoms with Crippen molar-refractivity contribution in [1.29, 1.82) is 0 Å². The van der Waals surface area contributed by atoms with E-state index in [4.69, 9.17) is 0 Å². The summed E-state index contributed by atoms with van der Waals surface area (Å²) in [6, 6.07) is 16.7. The Morgan fingerprint density at radius 2 is 0.582 bits per heavy atom. The molecule has 55 heavy (non-hydrogen) atoms. The molecule has 3 aromatic carbocycles. The van der Waals surface area contributed by atoms with Gasteiger partial charge in [0.15, 0.2) is 8.07 Å². The molecule has 1 unspecified atom stereocenters. The van der Waals surface area contributed by atoms with Crippen molar-refractivity contribution in [1.82, 2.24) is 0 Å². The molecule has 1 atom stereocenters. The molecule has 0 fully saturated rings. The summed E-state index contributed by atoms with van der Waals surface area (Å²) in [5.74, 6) is 0. The van der Waals surface area contributed by atoms with Gasteiger partial charge in [-0.15, -0.1) is 0 Å². The Bertz CT molecular complexity index is 1870. The third-order valence-electron chi connectivity index (χ3n) is 13.7. The maximum atomic E-state index is 2.86. The van der Waals surface area contributed by atoms with E-state index in [1.807, 2.05) is 0 Å². The summed E-state index contributed by atoms with van der Waals surface area (Å²) in [5, 5.41) is 15.0. The lowest BCUT2D eigenvalue weighted by Gasteiger charge is -2.51. The molecule has 0 N–H and O–H groups in total. The highest BCUT2D eigenvalue weighted by atomic mass is 28.3. The van der Waals surface area contributed by atoms with Gasteiger partial charge in [-0.05, 0) is 62.7 Å². The second kappa shape index (κ2) is 14.4. The molecule has 0 nitrogen and oxygen atoms in total. The van der Waals surface area contributed by atoms with Crippen molar-refractivity contribution in [2.45, 2.75) is 171 Å². The van der Waals surface area contributed by atoms with Crippen LogP contribution in [0.1, 0.15) is 44.4 Å². The standard InChI is InChI=1S/C48H82Si7/c1-33-32-48(7,38(6)34(33)2)55(45-29-39(49(8,9)10)26-42(35(45)3)52(17,18)19,46-30-40(50(11,12)13)27-43(36(46)4)53(20,21)22)47-31-41(51(14,15)16)28-44(37(47)5)54(23,24)25/h26-32H,1-25H3. The van der Waals surface area contributed by atoms with Crippen LogP contribution in [0.4, 0.5) is 0 Å². The highest BCUT2D eigenvalue weighted by molar-refractivity contribution is 7.16. The van der Waals surface area contributed by atoms with Gasteiger partial charge in [0, 0.05) is 5.04 Å². The molecule has 0 amide bonds. The predicted molar refractivity (Wildman–Crippen MR) is 277 cm³/mol. The van der Waals surface area contributed by atoms with Crippen LogP contribution in [0.25, 0.3) is 0 Å². The third kappa shape index (κ3) is 8.16. The first kappa shape index (κ1) is 46.3. The molecule has 0 radical (unpaired) electrons. The molecule has 0 aliphatic heterocycles. The van der Waals surface area contributed by atoms with Crippen LogP contribution in [0.15, 0.2) is 59.2 Å². The van der Waals surface area contributed by atoms with Crippen molar-refractivity contribution in [2.24, 2.45) is 0 Å². The highest BCUT2D eigenvalue weighted by Crippen LogP contribution is 2.53. The van der Waals surface area contributed by atoms with Crippen LogP contribution in [-0.2, 0) is 0 Å². The zero-order chi connectivity index (χ0) is 42.6. The summed E-state index contributed by atoms with van der Waals surface area (Å²) in [7, 11) is -13.5. The van der Waals surface area contributed by atoms with Gasteiger partial charge in [0.2, 0.25) is 0 Å². The second-order valence-corrected chi connectivity index (χ2v) is 58.6. The SMILES string of the molecule is CC1=CC(C)([Si](c2cc([Si](C)(C)C)cc([Si](C)(C)C)c2C)(c2cc([Si](C)(C)C)cc([Si](C)(C)C)c2C)c2cc([Si](C)(C)C)cc([Si](C)(C)C)c2C)C(C)=C1C. The molecule has 0 saturated heterocycles. The van der Waals surface area contributed by atoms with E-state index in [0.29, 0.717) is 0 Å². The van der Waals surface area contributed by atoms with Crippen molar-refractivity contribution in [2.75, 3.05) is 0 Å². The third-order valence-corrected chi connectivity index (χ3v) is 32.2. The van der Waals surface area contributed by atoms with Gasteiger partial charge >= 0.3 is 0 Å². The fourth-order valence-corrected chi connectivity index (χ4v) is 27.1. The first-order valence-electron chi connectivity index (χ1n) is 21.3. The Hall–Kier alpha value is -1.34. The largest absolute Gasteiger partial charge is 0.162 e. The molecule has 0 spiro atoms. The zero-order valence-corrected chi connectivity index (χ0v) is 47.5. The van der Waals surface area contributed by atoms with Crippen LogP contribution < -0.4 is 46.7 Å². The minimum Gasteiger partial charge on any atom is -0.0730 e. The summed E-state index contributed by atoms with van der Waals surface area (Å²) in [5.41, 5.74) is 9.42. The first-order chi connectivity index (χ1) is 24.4. The lowest BCUT2D eigenvalue weighted by Crippen LogP contribution is -2.78. The average Bonchev–Trinajstić information content (AvgIpc) is 3.18. The Labute approximate surface area is 348 Å². The van der Waals surface area contributed by atoms with E-state index in [-0.39, 0.29) is 5.04 Å². The van der Waals surface area contributed by atoms with Crippen LogP contribution in [0.3, 0.4) is 0 Å². The molecule has 1 aliphatic carbocycles. The van der Waals surface area contributed by atoms with Crippen molar-refractivity contribution in [3.63, 3.8) is 0 Å². The maximum Gasteiger partial charge on any atom is 0.162 e. The molecule has 0 aromatic heterocycles. The van der Waals surface area contributed by atoms with E-state index in [2.05, 4.69) is 209 Å². The molecule has 4 rings (SSSR count). The lowest BCUT2D eigenvalue weighted by atomic mass is 10.0. The van der Waals surface area contributed by atoms with Crippen LogP contribution in [-0.4, -0.2) is 56.5 Å². The molecule has 0 heterocycles. The van der Waals surface area contributed by atoms with Gasteiger partial charge in [0.1, 0.15) is 0 Å². The second-order valence-electron chi connectivity index (χ2n) is 24.1. The lowest BCUT2D eigenvalue weighted by molar-refractivity contribution is 0.869. The predicted octanol–water partition coefficient (Wildman–Crippen LogP) is 9.41. The summed E-state index contributed by atoms with van der Waals surface area (Å²) in [6.45, 7) is 64.6. The van der Waals surface area contributed by atoms with Gasteiger partial charge in [-0.2, -0.15) is 0 Å². The number of rotatable bonds is 10. The fraction of sp³-hybridized carbons (Fsp3) is 0.542. The van der Waals surface area contributed by atoms with E-state index >= 15 is 0 Å². The van der Waals surface area contributed by atoms with Crippen LogP contribution in [0.5, 0.6) is 0 Å². The fourth-order valence-electron chi connectivity index (χ4n) is 9.95. The van der Waals surface area contributed by atoms with E-state index in [1.165, 1.54) is 11.1 Å². The smallest absolute Gasteiger partial charge is 0.0730 e. The van der Waals surface area contributed by atoms with Gasteiger partial charge in [-0.25, -0.2) is 0 Å². The summed E-state index contributed by atoms with van der Waals surface area (Å²) in [6.07, 6.45) is 2.81. The number of benzene rings is 3. The van der Waals surface area contributed by atoms with Gasteiger partial charge in [-0.3, -0.25) is 0 Å². The molecule has 3 aromatic rings. The highest BCUT2D eigenvalue weighted by Gasteiger charge is 2.59. The Morgan fingerprint density at radius 3 is 0.764 bits per heavy atom. The average molecular weight is 856 g/mol. The first-order valence-corrected chi connectivity index (χ1v) is 44.3. The Kier molecular flexibility index (Phi) is 12.2. The minimum atomic E-state index is -3.06. The molecular weight excluding hydrogens is 773 g/mol. The number of allylic oxidation sites excluding steroid dienone is 4. The number of hydrogen-bond donors (Lipinski definition) is 0. The van der Waals surface area contributed by atoms with E-state index in [0.717, 1.165) is 0 Å².